The van der Waals surface area contributed by atoms with Gasteiger partial charge in [0.1, 0.15) is 5.75 Å². The highest BCUT2D eigenvalue weighted by molar-refractivity contribution is 7.91. The van der Waals surface area contributed by atoms with Crippen LogP contribution in [0.15, 0.2) is 29.4 Å². The summed E-state index contributed by atoms with van der Waals surface area (Å²) in [5.74, 6) is 0.553. The topological polar surface area (TPSA) is 84.8 Å². The molecular weight excluding hydrogens is 328 g/mol. The minimum absolute atomic E-state index is 0.0765. The molecule has 1 fully saturated rings. The number of amides is 1. The standard InChI is InChI=1S/C17H24N2O4S/c1-13(2)7-9-23-16-5-3-14(4-6-16)11-18-19-17(20)15-8-10-24(21,22)12-15/h3-6,11,13,15H,7-10,12H2,1-2H3,(H,19,20)/b18-11-/t15-/m0/s1. The van der Waals surface area contributed by atoms with E-state index in [2.05, 4.69) is 24.4 Å². The molecule has 6 nitrogen and oxygen atoms in total. The summed E-state index contributed by atoms with van der Waals surface area (Å²) in [6, 6.07) is 7.40. The van der Waals surface area contributed by atoms with Crippen molar-refractivity contribution in [1.82, 2.24) is 5.43 Å². The van der Waals surface area contributed by atoms with Gasteiger partial charge in [0.25, 0.3) is 0 Å². The maximum atomic E-state index is 11.8. The third kappa shape index (κ3) is 5.96. The van der Waals surface area contributed by atoms with Crippen molar-refractivity contribution in [1.29, 1.82) is 0 Å². The summed E-state index contributed by atoms with van der Waals surface area (Å²) in [5, 5.41) is 3.89. The van der Waals surface area contributed by atoms with E-state index in [9.17, 15) is 13.2 Å². The van der Waals surface area contributed by atoms with E-state index in [-0.39, 0.29) is 17.4 Å². The second kappa shape index (κ2) is 8.28. The van der Waals surface area contributed by atoms with Gasteiger partial charge in [-0.1, -0.05) is 13.8 Å². The first-order valence-corrected chi connectivity index (χ1v) is 9.94. The molecule has 1 aromatic rings. The molecule has 1 saturated heterocycles. The fourth-order valence-electron chi connectivity index (χ4n) is 2.33. The van der Waals surface area contributed by atoms with Crippen molar-refractivity contribution < 1.29 is 17.9 Å². The molecule has 1 amide bonds. The van der Waals surface area contributed by atoms with Crippen molar-refractivity contribution in [2.24, 2.45) is 16.9 Å². The lowest BCUT2D eigenvalue weighted by Crippen LogP contribution is -2.27. The number of carbonyl (C=O) groups is 1. The second-order valence-corrected chi connectivity index (χ2v) is 8.66. The van der Waals surface area contributed by atoms with Crippen LogP contribution in [0.2, 0.25) is 0 Å². The van der Waals surface area contributed by atoms with Crippen LogP contribution in [0, 0.1) is 11.8 Å². The van der Waals surface area contributed by atoms with Crippen LogP contribution >= 0.6 is 0 Å². The summed E-state index contributed by atoms with van der Waals surface area (Å²) < 4.78 is 28.3. The molecule has 2 rings (SSSR count). The van der Waals surface area contributed by atoms with Crippen LogP contribution in [-0.4, -0.2) is 38.7 Å². The number of carbonyl (C=O) groups excluding carboxylic acids is 1. The van der Waals surface area contributed by atoms with Crippen LogP contribution < -0.4 is 10.2 Å². The number of rotatable bonds is 7. The van der Waals surface area contributed by atoms with E-state index in [0.717, 1.165) is 17.7 Å². The SMILES string of the molecule is CC(C)CCOc1ccc(/C=N\NC(=O)[C@H]2CCS(=O)(=O)C2)cc1. The van der Waals surface area contributed by atoms with Crippen LogP contribution in [0.4, 0.5) is 0 Å². The Morgan fingerprint density at radius 2 is 2.08 bits per heavy atom. The highest BCUT2D eigenvalue weighted by Gasteiger charge is 2.32. The molecule has 24 heavy (non-hydrogen) atoms. The highest BCUT2D eigenvalue weighted by atomic mass is 32.2. The van der Waals surface area contributed by atoms with Gasteiger partial charge in [-0.25, -0.2) is 13.8 Å². The Labute approximate surface area is 143 Å². The lowest BCUT2D eigenvalue weighted by Gasteiger charge is -2.08. The predicted octanol–water partition coefficient (Wildman–Crippen LogP) is 2.00. The zero-order valence-corrected chi connectivity index (χ0v) is 14.9. The molecule has 1 heterocycles. The van der Waals surface area contributed by atoms with Crippen LogP contribution in [0.3, 0.4) is 0 Å². The van der Waals surface area contributed by atoms with E-state index < -0.39 is 15.8 Å². The van der Waals surface area contributed by atoms with Gasteiger partial charge in [-0.05, 0) is 48.6 Å². The van der Waals surface area contributed by atoms with Gasteiger partial charge in [0.15, 0.2) is 9.84 Å². The molecule has 1 atom stereocenters. The first kappa shape index (κ1) is 18.4. The van der Waals surface area contributed by atoms with E-state index in [4.69, 9.17) is 4.74 Å². The molecule has 0 unspecified atom stereocenters. The summed E-state index contributed by atoms with van der Waals surface area (Å²) in [6.45, 7) is 4.99. The monoisotopic (exact) mass is 352 g/mol. The number of hydrazone groups is 1. The largest absolute Gasteiger partial charge is 0.494 e. The van der Waals surface area contributed by atoms with Gasteiger partial charge in [-0.15, -0.1) is 0 Å². The van der Waals surface area contributed by atoms with Crippen molar-refractivity contribution in [3.8, 4) is 5.75 Å². The first-order chi connectivity index (χ1) is 11.4. The molecule has 0 aliphatic carbocycles. The van der Waals surface area contributed by atoms with Gasteiger partial charge in [-0.2, -0.15) is 5.10 Å². The number of nitrogens with one attached hydrogen (secondary N) is 1. The van der Waals surface area contributed by atoms with Gasteiger partial charge in [0.2, 0.25) is 5.91 Å². The molecule has 0 aromatic heterocycles. The van der Waals surface area contributed by atoms with Crippen molar-refractivity contribution >= 4 is 22.0 Å². The molecule has 1 aromatic carbocycles. The van der Waals surface area contributed by atoms with E-state index in [1.54, 1.807) is 0 Å². The average Bonchev–Trinajstić information content (AvgIpc) is 2.89. The van der Waals surface area contributed by atoms with Gasteiger partial charge in [0.05, 0.1) is 30.2 Å². The average molecular weight is 352 g/mol. The molecule has 7 heteroatoms. The Kier molecular flexibility index (Phi) is 6.36. The maximum Gasteiger partial charge on any atom is 0.244 e. The highest BCUT2D eigenvalue weighted by Crippen LogP contribution is 2.18. The van der Waals surface area contributed by atoms with E-state index in [1.807, 2.05) is 24.3 Å². The quantitative estimate of drug-likeness (QED) is 0.601. The fraction of sp³-hybridized carbons (Fsp3) is 0.529. The summed E-state index contributed by atoms with van der Waals surface area (Å²) in [6.07, 6.45) is 2.90. The fourth-order valence-corrected chi connectivity index (χ4v) is 4.07. The maximum absolute atomic E-state index is 11.8. The summed E-state index contributed by atoms with van der Waals surface area (Å²) in [4.78, 5) is 11.8. The van der Waals surface area contributed by atoms with Gasteiger partial charge in [-0.3, -0.25) is 4.79 Å². The lowest BCUT2D eigenvalue weighted by molar-refractivity contribution is -0.124. The van der Waals surface area contributed by atoms with Gasteiger partial charge in [0, 0.05) is 0 Å². The Morgan fingerprint density at radius 3 is 2.67 bits per heavy atom. The van der Waals surface area contributed by atoms with Crippen molar-refractivity contribution in [3.05, 3.63) is 29.8 Å². The zero-order chi connectivity index (χ0) is 17.6. The molecule has 1 N–H and O–H groups in total. The molecular formula is C17H24N2O4S. The smallest absolute Gasteiger partial charge is 0.244 e. The molecule has 0 spiro atoms. The molecule has 0 radical (unpaired) electrons. The van der Waals surface area contributed by atoms with Gasteiger partial charge < -0.3 is 4.74 Å². The number of ether oxygens (including phenoxy) is 1. The summed E-state index contributed by atoms with van der Waals surface area (Å²) in [7, 11) is -3.06. The number of benzene rings is 1. The normalized spacial score (nSPS) is 19.7. The first-order valence-electron chi connectivity index (χ1n) is 8.12. The summed E-state index contributed by atoms with van der Waals surface area (Å²) >= 11 is 0. The van der Waals surface area contributed by atoms with Crippen LogP contribution in [-0.2, 0) is 14.6 Å². The van der Waals surface area contributed by atoms with Crippen LogP contribution in [0.25, 0.3) is 0 Å². The van der Waals surface area contributed by atoms with Crippen molar-refractivity contribution in [3.63, 3.8) is 0 Å². The molecule has 0 saturated carbocycles. The lowest BCUT2D eigenvalue weighted by atomic mass is 10.1. The minimum Gasteiger partial charge on any atom is -0.494 e. The Morgan fingerprint density at radius 1 is 1.38 bits per heavy atom. The molecule has 1 aliphatic heterocycles. The predicted molar refractivity (Wildman–Crippen MR) is 93.9 cm³/mol. The zero-order valence-electron chi connectivity index (χ0n) is 14.1. The third-order valence-corrected chi connectivity index (χ3v) is 5.60. The van der Waals surface area contributed by atoms with Crippen LogP contribution in [0.1, 0.15) is 32.3 Å². The van der Waals surface area contributed by atoms with E-state index in [0.29, 0.717) is 18.9 Å². The number of nitrogens with zero attached hydrogens (tertiary/aromatic N) is 1. The Bertz CT molecular complexity index is 681. The van der Waals surface area contributed by atoms with Crippen molar-refractivity contribution in [2.75, 3.05) is 18.1 Å². The van der Waals surface area contributed by atoms with Crippen LogP contribution in [0.5, 0.6) is 5.75 Å². The summed E-state index contributed by atoms with van der Waals surface area (Å²) in [5.41, 5.74) is 3.23. The second-order valence-electron chi connectivity index (χ2n) is 6.43. The molecule has 132 valence electrons. The third-order valence-electron chi connectivity index (χ3n) is 3.84. The number of sulfone groups is 1. The van der Waals surface area contributed by atoms with E-state index >= 15 is 0 Å². The van der Waals surface area contributed by atoms with E-state index in [1.165, 1.54) is 6.21 Å². The molecule has 1 aliphatic rings. The Balaban J connectivity index is 1.78. The molecule has 0 bridgehead atoms. The minimum atomic E-state index is -3.06. The van der Waals surface area contributed by atoms with Gasteiger partial charge >= 0.3 is 0 Å². The number of hydrogen-bond donors (Lipinski definition) is 1. The Hall–Kier alpha value is -1.89. The number of hydrogen-bond acceptors (Lipinski definition) is 5. The van der Waals surface area contributed by atoms with Crippen molar-refractivity contribution in [2.45, 2.75) is 26.7 Å².